The van der Waals surface area contributed by atoms with Crippen LogP contribution >= 0.6 is 0 Å². The van der Waals surface area contributed by atoms with Gasteiger partial charge in [0.2, 0.25) is 0 Å². The number of aliphatic carboxylic acids is 15. The summed E-state index contributed by atoms with van der Waals surface area (Å²) in [5, 5.41) is 133. The molecule has 838 valence electrons. The molecule has 0 amide bonds. The molecular weight excluding hydrogens is 1990 g/mol. The third kappa shape index (κ3) is 122. The molecule has 0 radical (unpaired) electrons. The van der Waals surface area contributed by atoms with E-state index in [-0.39, 0.29) is 147 Å². The van der Waals surface area contributed by atoms with Gasteiger partial charge in [0.15, 0.2) is 0 Å². The Morgan fingerprint density at radius 2 is 0.367 bits per heavy atom. The van der Waals surface area contributed by atoms with E-state index in [0.717, 1.165) is 39.3 Å². The number of carboxylic acid groups (broad SMARTS) is 15. The van der Waals surface area contributed by atoms with Crippen molar-refractivity contribution in [2.24, 2.45) is 0 Å². The van der Waals surface area contributed by atoms with E-state index >= 15 is 0 Å². The van der Waals surface area contributed by atoms with Gasteiger partial charge in [-0.2, -0.15) is 86.3 Å². The van der Waals surface area contributed by atoms with Crippen LogP contribution in [0.2, 0.25) is 0 Å². The van der Waals surface area contributed by atoms with Crippen LogP contribution in [0.15, 0.2) is 0 Å². The number of nitrogens with zero attached hydrogens (tertiary/aromatic N) is 18. The molecule has 0 bridgehead atoms. The third-order valence-electron chi connectivity index (χ3n) is 18.9. The van der Waals surface area contributed by atoms with Crippen LogP contribution in [0, 0.1) is 0 Å². The van der Waals surface area contributed by atoms with E-state index in [4.69, 9.17) is 153 Å². The first-order valence-electron chi connectivity index (χ1n) is 42.7. The monoisotopic (exact) mass is 2130 g/mol. The zero-order chi connectivity index (χ0) is 116. The molecule has 4 heterocycles. The quantitative estimate of drug-likeness (QED) is 0.0271. The summed E-state index contributed by atoms with van der Waals surface area (Å²) < 4.78 is 0. The van der Waals surface area contributed by atoms with Crippen molar-refractivity contribution in [1.82, 2.24) is 88.2 Å². The second-order valence-electron chi connectivity index (χ2n) is 30.9. The van der Waals surface area contributed by atoms with Crippen molar-refractivity contribution in [3.05, 3.63) is 0 Å². The fourth-order valence-electron chi connectivity index (χ4n) is 12.0. The average molecular weight is 2130 g/mol. The van der Waals surface area contributed by atoms with Gasteiger partial charge in [-0.05, 0) is 69.8 Å². The van der Waals surface area contributed by atoms with E-state index in [9.17, 15) is 82.1 Å². The Morgan fingerprint density at radius 1 is 0.211 bits per heavy atom. The van der Waals surface area contributed by atoms with Crippen molar-refractivity contribution in [3.63, 3.8) is 0 Å². The van der Waals surface area contributed by atoms with Crippen LogP contribution < -0.4 is 0 Å². The number of carboxylic acids is 15. The highest BCUT2D eigenvalue weighted by atomic mass is 16.4. The molecule has 4 aliphatic heterocycles. The molecule has 4 saturated heterocycles. The van der Waals surface area contributed by atoms with E-state index in [1.807, 2.05) is 103 Å². The Labute approximate surface area is 841 Å². The summed E-state index contributed by atoms with van der Waals surface area (Å²) >= 11 is 0. The number of carbonyl (C=O) groups is 15. The van der Waals surface area contributed by atoms with Crippen LogP contribution in [0.5, 0.6) is 0 Å². The summed E-state index contributed by atoms with van der Waals surface area (Å²) in [4.78, 5) is 342. The lowest BCUT2D eigenvalue weighted by atomic mass is 10.1. The molecule has 66 nitrogen and oxygen atoms in total. The Kier molecular flexibility index (Phi) is 112. The van der Waals surface area contributed by atoms with E-state index in [0.29, 0.717) is 164 Å². The molecule has 4 rings (SSSR count). The van der Waals surface area contributed by atoms with Gasteiger partial charge in [0.1, 0.15) is 12.1 Å². The molecule has 66 heteroatoms. The topological polar surface area (TPSA) is 925 Å². The van der Waals surface area contributed by atoms with Gasteiger partial charge in [0.05, 0.1) is 78.4 Å². The molecule has 0 aromatic carbocycles. The number of hydrogen-bond acceptors (Lipinski definition) is 51. The van der Waals surface area contributed by atoms with E-state index < -0.39 is 108 Å². The smallest absolute Gasteiger partial charge is 0.373 e. The summed E-state index contributed by atoms with van der Waals surface area (Å²) in [7, 11) is 17.2. The predicted octanol–water partition coefficient (Wildman–Crippen LogP) is -13.0. The molecule has 147 heavy (non-hydrogen) atoms. The lowest BCUT2D eigenvalue weighted by Gasteiger charge is -2.31. The largest absolute Gasteiger partial charge is 0.481 e. The lowest BCUT2D eigenvalue weighted by molar-refractivity contribution is -0.193. The van der Waals surface area contributed by atoms with Gasteiger partial charge in [0.25, 0.3) is 0 Å². The number of carbonyl (C=O) groups excluding carboxylic acids is 18. The van der Waals surface area contributed by atoms with Crippen molar-refractivity contribution < 1.29 is 235 Å². The summed E-state index contributed by atoms with van der Waals surface area (Å²) in [6.07, 6.45) is 1.60. The number of hydrogen-bond donors (Lipinski definition) is 15. The number of rotatable bonds is 40. The van der Waals surface area contributed by atoms with Gasteiger partial charge in [0, 0.05) is 216 Å². The minimum Gasteiger partial charge on any atom is -0.481 e. The predicted molar refractivity (Wildman–Crippen MR) is 477 cm³/mol. The summed E-state index contributed by atoms with van der Waals surface area (Å²) in [6, 6.07) is -1.97. The van der Waals surface area contributed by atoms with Crippen molar-refractivity contribution >= 4 is 145 Å². The van der Waals surface area contributed by atoms with Crippen LogP contribution in [-0.2, 0) is 158 Å². The van der Waals surface area contributed by atoms with E-state index in [2.05, 4.69) is 14.7 Å². The summed E-state index contributed by atoms with van der Waals surface area (Å²) in [6.45, 7) is 17.5. The second kappa shape index (κ2) is 106. The Morgan fingerprint density at radius 3 is 0.551 bits per heavy atom. The first-order valence-corrected chi connectivity index (χ1v) is 42.7. The fourth-order valence-corrected chi connectivity index (χ4v) is 12.0. The molecule has 4 fully saturated rings. The van der Waals surface area contributed by atoms with Crippen LogP contribution in [-0.4, -0.2) is 667 Å². The molecule has 2 atom stereocenters. The number of likely N-dealkylation sites (N-methyl/N-ethyl adjacent to an activating group) is 7. The van der Waals surface area contributed by atoms with Gasteiger partial charge in [-0.3, -0.25) is 126 Å². The third-order valence-corrected chi connectivity index (χ3v) is 18.9. The second-order valence-corrected chi connectivity index (χ2v) is 30.9. The summed E-state index contributed by atoms with van der Waals surface area (Å²) in [5.41, 5.74) is 0. The van der Waals surface area contributed by atoms with Crippen molar-refractivity contribution in [2.75, 3.05) is 345 Å². The molecule has 0 aliphatic carbocycles. The highest BCUT2D eigenvalue weighted by Gasteiger charge is 2.32. The Hall–Kier alpha value is -14.2. The molecule has 2 unspecified atom stereocenters. The zero-order valence-corrected chi connectivity index (χ0v) is 82.9. The molecule has 0 aromatic rings. The minimum absolute atomic E-state index is 0.00530. The molecular formula is C81H136N18O48. The zero-order valence-electron chi connectivity index (χ0n) is 82.9. The van der Waals surface area contributed by atoms with Gasteiger partial charge in [-0.25, -0.2) is 0 Å². The molecule has 4 aliphatic rings. The van der Waals surface area contributed by atoms with Crippen LogP contribution in [0.1, 0.15) is 19.3 Å². The summed E-state index contributed by atoms with van der Waals surface area (Å²) in [5.74, 6) is -14.9. The maximum Gasteiger partial charge on any atom is 0.373 e. The highest BCUT2D eigenvalue weighted by Crippen LogP contribution is 2.13. The fraction of sp³-hybridized carbons (Fsp3) is 0.704. The van der Waals surface area contributed by atoms with E-state index in [1.165, 1.54) is 9.80 Å². The lowest BCUT2D eigenvalue weighted by Crippen LogP contribution is -2.47. The molecule has 15 N–H and O–H groups in total. The molecule has 0 spiro atoms. The maximum atomic E-state index is 11.5. The van der Waals surface area contributed by atoms with Gasteiger partial charge in [-0.1, -0.05) is 0 Å². The van der Waals surface area contributed by atoms with Gasteiger partial charge >= 0.3 is 145 Å². The van der Waals surface area contributed by atoms with E-state index in [1.54, 1.807) is 24.5 Å². The normalized spacial score (nSPS) is 15.2. The highest BCUT2D eigenvalue weighted by molar-refractivity contribution is 5.81. The first kappa shape index (κ1) is 155. The molecule has 0 aromatic heterocycles. The van der Waals surface area contributed by atoms with Gasteiger partial charge in [-0.15, -0.1) is 0 Å². The van der Waals surface area contributed by atoms with Crippen LogP contribution in [0.25, 0.3) is 0 Å². The van der Waals surface area contributed by atoms with Crippen molar-refractivity contribution in [1.29, 1.82) is 0 Å². The Bertz CT molecular complexity index is 3770. The first-order chi connectivity index (χ1) is 68.8. The van der Waals surface area contributed by atoms with Crippen LogP contribution in [0.3, 0.4) is 0 Å². The SMILES string of the molecule is CN(C)CCN(CC(=O)O)CC(=O)O.CN(C)CCN(CCN(CC(=O)O)CC(=O)O)CC(=O)O.CN1CCN(C)CCN(CC(=O)O)CCN(CC(=O)O)CC1.CN1CCN(CC(=O)O)CCN(C(CC(=O)O)C(=O)O)CC1.CN1CCN(CC(=O)O)CCN(C(CCC(=O)O)C(=O)O)CC1.CN1CCN(CC(=O)O)CCN(CC(=O)O)CC1.O=C=O.O=C=O.O=C=O.O=C=O.O=C=O.O=C=O.O=C=O.O=C=O.O=C=O. The average Bonchev–Trinajstić information content (AvgIpc) is 1.86. The van der Waals surface area contributed by atoms with Gasteiger partial charge < -0.3 is 111 Å². The maximum absolute atomic E-state index is 11.5. The van der Waals surface area contributed by atoms with Crippen molar-refractivity contribution in [3.8, 4) is 0 Å². The molecule has 0 saturated carbocycles. The minimum atomic E-state index is -1.17. The van der Waals surface area contributed by atoms with Crippen LogP contribution in [0.4, 0.5) is 0 Å². The Balaban J connectivity index is -0.000000160. The van der Waals surface area contributed by atoms with Crippen molar-refractivity contribution in [2.45, 2.75) is 31.3 Å². The standard InChI is InChI=1S/C14H28N4O4.C14H25N3O6.C13H23N3O6.C12H23N3O6.C11H21N3O4.C8H16N2O4.9CO2/c1-15-3-4-16(2)6-8-18(12-14(21)22)10-9-17(7-5-15)11-13(19)20;1-15-4-6-16(10-13(20)21)7-9-17(8-5-15)11(14(22)23)2-3-12(18)19;1-14-2-4-15(9-12(19)20)5-7-16(6-3-14)10(13(21)22)8-11(17)18;1-13(2)3-4-14(7-10(16)17)5-6-15(8-11(18)19)9-12(20)21;1-12-2-4-13(8-10(15)16)6-7-14(5-3-12)9-11(17)18;1-9(2)3-4-10(5-7(11)12)6-8(13)14;9*2-1-3/h3-12H2,1-2H3,(H,19,20)(H,21,22);11H,2-10H2,1H3,(H,18,19)(H,20,21)(H,22,23);10H,2-9H2,1H3,(H,17,18)(H,19,20)(H,21,22);3-9H2,1-2H3,(H,16,17)(H,18,19)(H,20,21);2-9H2,1H3,(H,15,16)(H,17,18);3-6H2,1-2H3,(H,11,12)(H,13,14);;;;;;;;;.